The Morgan fingerprint density at radius 3 is 2.44 bits per heavy atom. The van der Waals surface area contributed by atoms with Crippen molar-refractivity contribution < 1.29 is 31.5 Å². The van der Waals surface area contributed by atoms with Crippen molar-refractivity contribution in [2.75, 3.05) is 13.1 Å². The predicted octanol–water partition coefficient (Wildman–Crippen LogP) is 1.42. The number of halogens is 3. The summed E-state index contributed by atoms with van der Waals surface area (Å²) >= 11 is 0. The topological polar surface area (TPSA) is 176 Å². The molecule has 1 heterocycles. The molecule has 176 valence electrons. The molecule has 11 nitrogen and oxygen atoms in total. The molecular weight excluding hydrogens is 455 g/mol. The highest BCUT2D eigenvalue weighted by molar-refractivity contribution is 7.89. The minimum absolute atomic E-state index is 0.101. The third kappa shape index (κ3) is 5.52. The highest BCUT2D eigenvalue weighted by Gasteiger charge is 2.40. The van der Waals surface area contributed by atoms with Crippen LogP contribution in [0.15, 0.2) is 17.0 Å². The van der Waals surface area contributed by atoms with E-state index < -0.39 is 32.8 Å². The second kappa shape index (κ2) is 9.38. The minimum Gasteiger partial charge on any atom is -0.465 e. The number of amides is 1. The number of primary sulfonamides is 1. The molecule has 0 bridgehead atoms. The molecule has 0 spiro atoms. The number of aromatic amines is 1. The fourth-order valence-corrected chi connectivity index (χ4v) is 5.01. The van der Waals surface area contributed by atoms with E-state index in [0.717, 1.165) is 6.07 Å². The van der Waals surface area contributed by atoms with Gasteiger partial charge in [0.05, 0.1) is 5.56 Å². The molecule has 1 aromatic carbocycles. The van der Waals surface area contributed by atoms with Crippen LogP contribution in [0.2, 0.25) is 0 Å². The first-order valence-corrected chi connectivity index (χ1v) is 11.2. The van der Waals surface area contributed by atoms with Crippen LogP contribution in [0.3, 0.4) is 0 Å². The molecule has 1 aromatic heterocycles. The van der Waals surface area contributed by atoms with E-state index >= 15 is 0 Å². The molecule has 0 radical (unpaired) electrons. The number of nitrogens with one attached hydrogen (secondary N) is 3. The summed E-state index contributed by atoms with van der Waals surface area (Å²) in [5.41, 5.74) is -1.28. The van der Waals surface area contributed by atoms with E-state index in [0.29, 0.717) is 37.8 Å². The Morgan fingerprint density at radius 2 is 1.91 bits per heavy atom. The smallest absolute Gasteiger partial charge is 0.417 e. The molecule has 1 saturated carbocycles. The van der Waals surface area contributed by atoms with Crippen molar-refractivity contribution in [3.63, 3.8) is 0 Å². The average molecular weight is 477 g/mol. The van der Waals surface area contributed by atoms with Crippen molar-refractivity contribution in [1.29, 1.82) is 0 Å². The highest BCUT2D eigenvalue weighted by atomic mass is 32.2. The lowest BCUT2D eigenvalue weighted by Crippen LogP contribution is -2.38. The van der Waals surface area contributed by atoms with Gasteiger partial charge in [-0.15, -0.1) is 5.10 Å². The standard InChI is InChI=1S/C17H22F3N7O4S/c18-17(19,20)12-6-5-11(13(14(12)32(21,30)31)15-24-26-27-25-15)9-1-3-10(4-2-9)22-7-8-23-16(28)29/h5-6,9-10,22-23H,1-4,7-8H2,(H,28,29)(H2,21,30,31)(H,24,25,26,27)/t9-,10-. The van der Waals surface area contributed by atoms with Gasteiger partial charge in [-0.2, -0.15) is 13.2 Å². The molecule has 0 saturated heterocycles. The van der Waals surface area contributed by atoms with Gasteiger partial charge in [-0.25, -0.2) is 23.4 Å². The van der Waals surface area contributed by atoms with Crippen molar-refractivity contribution in [2.45, 2.75) is 48.7 Å². The Morgan fingerprint density at radius 1 is 1.22 bits per heavy atom. The van der Waals surface area contributed by atoms with Gasteiger partial charge in [0.15, 0.2) is 5.82 Å². The van der Waals surface area contributed by atoms with Crippen LogP contribution in [-0.2, 0) is 16.2 Å². The molecule has 0 atom stereocenters. The fourth-order valence-electron chi connectivity index (χ4n) is 4.02. The van der Waals surface area contributed by atoms with Gasteiger partial charge in [0.2, 0.25) is 10.0 Å². The van der Waals surface area contributed by atoms with Gasteiger partial charge in [0, 0.05) is 24.7 Å². The number of nitrogens with two attached hydrogens (primary N) is 1. The lowest BCUT2D eigenvalue weighted by atomic mass is 9.79. The maximum absolute atomic E-state index is 13.6. The minimum atomic E-state index is -4.95. The summed E-state index contributed by atoms with van der Waals surface area (Å²) in [5, 5.41) is 32.0. The van der Waals surface area contributed by atoms with E-state index in [1.807, 2.05) is 0 Å². The number of hydrogen-bond donors (Lipinski definition) is 5. The number of hydrogen-bond acceptors (Lipinski definition) is 7. The van der Waals surface area contributed by atoms with E-state index in [2.05, 4.69) is 31.3 Å². The SMILES string of the molecule is NS(=O)(=O)c1c(C(F)(F)F)ccc([C@H]2CC[C@H](NCCNC(=O)O)CC2)c1-c1nnn[nH]1. The largest absolute Gasteiger partial charge is 0.465 e. The molecule has 2 aromatic rings. The number of benzene rings is 1. The zero-order chi connectivity index (χ0) is 23.5. The highest BCUT2D eigenvalue weighted by Crippen LogP contribution is 2.44. The van der Waals surface area contributed by atoms with Crippen molar-refractivity contribution in [3.8, 4) is 11.4 Å². The number of carbonyl (C=O) groups is 1. The van der Waals surface area contributed by atoms with Gasteiger partial charge in [-0.05, 0) is 53.7 Å². The van der Waals surface area contributed by atoms with E-state index in [9.17, 15) is 26.4 Å². The summed E-state index contributed by atoms with van der Waals surface area (Å²) < 4.78 is 65.2. The molecule has 15 heteroatoms. The normalized spacial score (nSPS) is 19.6. The Bertz CT molecular complexity index is 1050. The number of carboxylic acid groups (broad SMARTS) is 1. The summed E-state index contributed by atoms with van der Waals surface area (Å²) in [4.78, 5) is 9.43. The van der Waals surface area contributed by atoms with Crippen LogP contribution in [0.1, 0.15) is 42.7 Å². The summed E-state index contributed by atoms with van der Waals surface area (Å²) in [6, 6.07) is 2.08. The maximum Gasteiger partial charge on any atom is 0.417 e. The maximum atomic E-state index is 13.6. The number of alkyl halides is 3. The van der Waals surface area contributed by atoms with E-state index in [-0.39, 0.29) is 29.9 Å². The van der Waals surface area contributed by atoms with Gasteiger partial charge in [-0.1, -0.05) is 6.07 Å². The molecular formula is C17H22F3N7O4S. The van der Waals surface area contributed by atoms with Crippen molar-refractivity contribution in [1.82, 2.24) is 31.3 Å². The average Bonchev–Trinajstić information content (AvgIpc) is 3.24. The summed E-state index contributed by atoms with van der Waals surface area (Å²) in [6.45, 7) is 0.682. The van der Waals surface area contributed by atoms with Gasteiger partial charge < -0.3 is 15.7 Å². The van der Waals surface area contributed by atoms with Crippen molar-refractivity contribution >= 4 is 16.1 Å². The van der Waals surface area contributed by atoms with Crippen LogP contribution < -0.4 is 15.8 Å². The summed E-state index contributed by atoms with van der Waals surface area (Å²) in [6.07, 6.45) is -3.61. The van der Waals surface area contributed by atoms with Crippen molar-refractivity contribution in [2.24, 2.45) is 5.14 Å². The second-order valence-electron chi connectivity index (χ2n) is 7.43. The second-order valence-corrected chi connectivity index (χ2v) is 8.93. The van der Waals surface area contributed by atoms with Crippen LogP contribution in [0, 0.1) is 0 Å². The predicted molar refractivity (Wildman–Crippen MR) is 105 cm³/mol. The lowest BCUT2D eigenvalue weighted by Gasteiger charge is -2.31. The monoisotopic (exact) mass is 477 g/mol. The Hall–Kier alpha value is -2.78. The number of tetrazole rings is 1. The molecule has 1 amide bonds. The van der Waals surface area contributed by atoms with E-state index in [1.54, 1.807) is 0 Å². The molecule has 0 unspecified atom stereocenters. The Balaban J connectivity index is 1.91. The van der Waals surface area contributed by atoms with Gasteiger partial charge in [0.1, 0.15) is 4.90 Å². The van der Waals surface area contributed by atoms with Gasteiger partial charge >= 0.3 is 12.3 Å². The summed E-state index contributed by atoms with van der Waals surface area (Å²) in [7, 11) is -4.77. The van der Waals surface area contributed by atoms with Crippen LogP contribution >= 0.6 is 0 Å². The first kappa shape index (κ1) is 23.9. The number of aromatic nitrogens is 4. The molecule has 6 N–H and O–H groups in total. The molecule has 1 aliphatic carbocycles. The Labute approximate surface area is 181 Å². The lowest BCUT2D eigenvalue weighted by molar-refractivity contribution is -0.139. The summed E-state index contributed by atoms with van der Waals surface area (Å²) in [5.74, 6) is -0.455. The molecule has 0 aliphatic heterocycles. The van der Waals surface area contributed by atoms with Crippen LogP contribution in [0.5, 0.6) is 0 Å². The first-order chi connectivity index (χ1) is 15.0. The van der Waals surface area contributed by atoms with Crippen LogP contribution in [-0.4, -0.2) is 59.4 Å². The number of rotatable bonds is 7. The Kier molecular flexibility index (Phi) is 7.00. The fraction of sp³-hybridized carbons (Fsp3) is 0.529. The number of nitrogens with zero attached hydrogens (tertiary/aromatic N) is 3. The van der Waals surface area contributed by atoms with Crippen molar-refractivity contribution in [3.05, 3.63) is 23.3 Å². The van der Waals surface area contributed by atoms with Gasteiger partial charge in [-0.3, -0.25) is 0 Å². The molecule has 32 heavy (non-hydrogen) atoms. The van der Waals surface area contributed by atoms with Crippen LogP contribution in [0.25, 0.3) is 11.4 Å². The number of sulfonamides is 1. The molecule has 1 fully saturated rings. The van der Waals surface area contributed by atoms with E-state index in [4.69, 9.17) is 10.2 Å². The third-order valence-corrected chi connectivity index (χ3v) is 6.36. The van der Waals surface area contributed by atoms with Gasteiger partial charge in [0.25, 0.3) is 0 Å². The molecule has 3 rings (SSSR count). The zero-order valence-corrected chi connectivity index (χ0v) is 17.5. The zero-order valence-electron chi connectivity index (χ0n) is 16.7. The number of H-pyrrole nitrogens is 1. The molecule has 1 aliphatic rings. The quantitative estimate of drug-likeness (QED) is 0.372. The van der Waals surface area contributed by atoms with Crippen LogP contribution in [0.4, 0.5) is 18.0 Å². The first-order valence-electron chi connectivity index (χ1n) is 9.69. The van der Waals surface area contributed by atoms with E-state index in [1.165, 1.54) is 6.07 Å². The third-order valence-electron chi connectivity index (χ3n) is 5.36.